The molecule has 16 aromatic rings. The number of carbonyl (C=O) groups excluding carboxylic acids is 10. The molecule has 39 heteroatoms. The van der Waals surface area contributed by atoms with Gasteiger partial charge in [0.05, 0.1) is 44.8 Å². The zero-order chi connectivity index (χ0) is 82.4. The molecule has 576 valence electrons. The number of halogens is 1. The van der Waals surface area contributed by atoms with E-state index in [1.165, 1.54) is 94.0 Å². The lowest BCUT2D eigenvalue weighted by Gasteiger charge is -2.17. The third kappa shape index (κ3) is 15.7. The summed E-state index contributed by atoms with van der Waals surface area (Å²) in [4.78, 5) is 189. The average molecular weight is 1570 g/mol. The van der Waals surface area contributed by atoms with Gasteiger partial charge >= 0.3 is 0 Å². The van der Waals surface area contributed by atoms with Crippen molar-refractivity contribution in [2.75, 3.05) is 42.1 Å². The number of amides is 9. The van der Waals surface area contributed by atoms with Crippen molar-refractivity contribution in [1.29, 1.82) is 0 Å². The van der Waals surface area contributed by atoms with Gasteiger partial charge in [-0.1, -0.05) is 0 Å². The summed E-state index contributed by atoms with van der Waals surface area (Å²) < 4.78 is 6.87. The summed E-state index contributed by atoms with van der Waals surface area (Å²) >= 11 is 4.64. The highest BCUT2D eigenvalue weighted by Crippen LogP contribution is 2.40. The Morgan fingerprint density at radius 3 is 0.922 bits per heavy atom. The van der Waals surface area contributed by atoms with Gasteiger partial charge in [-0.05, 0) is 109 Å². The highest BCUT2D eigenvalue weighted by atomic mass is 35.5. The zero-order valence-corrected chi connectivity index (χ0v) is 63.3. The minimum absolute atomic E-state index is 0.0139. The van der Waals surface area contributed by atoms with Gasteiger partial charge in [-0.25, -0.2) is 99.3 Å². The number of aromatic nitrogens is 20. The number of nitrogens with one attached hydrogen (secondary N) is 1. The van der Waals surface area contributed by atoms with Gasteiger partial charge in [-0.15, -0.1) is 0 Å². The van der Waals surface area contributed by atoms with E-state index in [4.69, 9.17) is 17.2 Å². The second-order valence-electron chi connectivity index (χ2n) is 24.7. The molecule has 7 N–H and O–H groups in total. The normalized spacial score (nSPS) is 10.8. The van der Waals surface area contributed by atoms with Crippen LogP contribution in [0.4, 0.5) is 47.6 Å². The fourth-order valence-electron chi connectivity index (χ4n) is 12.8. The molecule has 0 spiro atoms. The molecule has 0 radical (unpaired) electrons. The van der Waals surface area contributed by atoms with E-state index < -0.39 is 47.3 Å². The molecule has 0 saturated heterocycles. The van der Waals surface area contributed by atoms with Crippen LogP contribution in [-0.4, -0.2) is 156 Å². The van der Waals surface area contributed by atoms with Gasteiger partial charge in [0.1, 0.15) is 22.6 Å². The molecular weight excluding hydrogens is 1500 g/mol. The van der Waals surface area contributed by atoms with Crippen molar-refractivity contribution in [2.24, 2.45) is 0 Å². The van der Waals surface area contributed by atoms with Crippen LogP contribution in [-0.2, 0) is 47.9 Å². The Morgan fingerprint density at radius 1 is 0.313 bits per heavy atom. The molecule has 0 saturated carbocycles. The number of carbonyl (C=O) groups is 10. The van der Waals surface area contributed by atoms with Gasteiger partial charge in [-0.2, -0.15) is 0 Å². The molecule has 0 aliphatic rings. The van der Waals surface area contributed by atoms with Crippen molar-refractivity contribution >= 4 is 184 Å². The van der Waals surface area contributed by atoms with Gasteiger partial charge in [0.2, 0.25) is 106 Å². The first-order valence-electron chi connectivity index (χ1n) is 34.3. The van der Waals surface area contributed by atoms with E-state index >= 15 is 0 Å². The van der Waals surface area contributed by atoms with Crippen LogP contribution in [0.5, 0.6) is 0 Å². The number of anilines is 8. The zero-order valence-electron chi connectivity index (χ0n) is 62.6. The summed E-state index contributed by atoms with van der Waals surface area (Å²) in [6.07, 6.45) is 19.0. The molecular formula is C76H65ClN28O10. The molecule has 0 aromatic carbocycles. The fourth-order valence-corrected chi connectivity index (χ4v) is 12.8. The standard InChI is InChI=1S/C22H19N7O4.C20H17N7O3.C18H15N7O2.C14H11N7.C2H3ClO/c1-12(30)27(13(2)31)21-24-10-7-17(26-21)19-16-6-5-9-23-20(16)29-18(19)8-11-25-22(29)28(14(3)32)15(4)33;1-11(28)24-19-23-10-7-16-17(14-5-4-8-21-18(14)27(16)19)15-6-9-22-20(25-15)26(12(2)29)13(3)30;1-10(26)24(11(2)27)18-22-8-5-13(23-18)15-12-4-3-7-20-16(12)25-14(15)6-9-21-17(25)19;15-13-18-6-3-9(20-13)11-8-2-1-5-17-12(8)21-10(11)4-7-19-14(21)16;1-2(3)4/h5-11H,1-4H3;4-10H,1-3H3,(H,23,24,28);3-9H,1-2H3,(H2,19,21);1-7H,(H2,16,19)(H2,15,18,20);1H3. The Hall–Kier alpha value is -15.9. The van der Waals surface area contributed by atoms with E-state index in [9.17, 15) is 47.9 Å². The van der Waals surface area contributed by atoms with Crippen LogP contribution in [0.3, 0.4) is 0 Å². The van der Waals surface area contributed by atoms with Crippen LogP contribution in [0, 0.1) is 0 Å². The molecule has 115 heavy (non-hydrogen) atoms. The summed E-state index contributed by atoms with van der Waals surface area (Å²) in [5.41, 5.74) is 28.3. The lowest BCUT2D eigenvalue weighted by Crippen LogP contribution is -2.35. The quantitative estimate of drug-likeness (QED) is 0.0984. The first kappa shape index (κ1) is 78.7. The van der Waals surface area contributed by atoms with Crippen LogP contribution in [0.1, 0.15) is 69.2 Å². The van der Waals surface area contributed by atoms with E-state index in [0.717, 1.165) is 69.3 Å². The number of nitrogens with zero attached hydrogens (tertiary/aromatic N) is 24. The van der Waals surface area contributed by atoms with Crippen molar-refractivity contribution in [3.63, 3.8) is 0 Å². The van der Waals surface area contributed by atoms with Crippen molar-refractivity contribution in [3.8, 4) is 45.0 Å². The molecule has 0 fully saturated rings. The minimum Gasteiger partial charge on any atom is -0.369 e. The molecule has 16 aromatic heterocycles. The van der Waals surface area contributed by atoms with E-state index in [0.29, 0.717) is 79.4 Å². The van der Waals surface area contributed by atoms with Gasteiger partial charge in [0.15, 0.2) is 0 Å². The Labute approximate surface area is 653 Å². The Morgan fingerprint density at radius 2 is 0.591 bits per heavy atom. The van der Waals surface area contributed by atoms with E-state index in [1.54, 1.807) is 105 Å². The van der Waals surface area contributed by atoms with Gasteiger partial charge in [-0.3, -0.25) is 70.9 Å². The van der Waals surface area contributed by atoms with Crippen LogP contribution in [0.15, 0.2) is 171 Å². The molecule has 0 aliphatic carbocycles. The topological polar surface area (TPSA) is 498 Å². The summed E-state index contributed by atoms with van der Waals surface area (Å²) in [6, 6.07) is 28.8. The monoisotopic (exact) mass is 1560 g/mol. The lowest BCUT2D eigenvalue weighted by molar-refractivity contribution is -0.126. The predicted molar refractivity (Wildman–Crippen MR) is 426 cm³/mol. The molecule has 0 unspecified atom stereocenters. The van der Waals surface area contributed by atoms with Crippen LogP contribution in [0.2, 0.25) is 0 Å². The molecule has 9 amide bonds. The fraction of sp³-hybridized carbons (Fsp3) is 0.132. The Kier molecular flexibility index (Phi) is 22.7. The largest absolute Gasteiger partial charge is 0.369 e. The maximum atomic E-state index is 12.2. The smallest absolute Gasteiger partial charge is 0.239 e. The van der Waals surface area contributed by atoms with E-state index in [-0.39, 0.29) is 40.9 Å². The average Bonchev–Trinajstić information content (AvgIpc) is 1.61. The third-order valence-electron chi connectivity index (χ3n) is 16.9. The van der Waals surface area contributed by atoms with Crippen LogP contribution >= 0.6 is 11.6 Å². The maximum absolute atomic E-state index is 12.2. The number of hydrogen-bond donors (Lipinski definition) is 4. The summed E-state index contributed by atoms with van der Waals surface area (Å²) in [5.74, 6) is -2.91. The van der Waals surface area contributed by atoms with Crippen molar-refractivity contribution in [3.05, 3.63) is 171 Å². The number of hydrogen-bond acceptors (Lipinski definition) is 29. The molecule has 0 atom stereocenters. The maximum Gasteiger partial charge on any atom is 0.239 e. The van der Waals surface area contributed by atoms with Crippen LogP contribution in [0.25, 0.3) is 111 Å². The summed E-state index contributed by atoms with van der Waals surface area (Å²) in [5, 5.41) is 5.53. The lowest BCUT2D eigenvalue weighted by atomic mass is 10.1. The van der Waals surface area contributed by atoms with Crippen LogP contribution < -0.4 is 42.1 Å². The number of nitrogens with two attached hydrogens (primary N) is 3. The molecule has 16 heterocycles. The van der Waals surface area contributed by atoms with E-state index in [2.05, 4.69) is 96.7 Å². The number of fused-ring (bicyclic) bond motifs is 12. The number of imide groups is 4. The van der Waals surface area contributed by atoms with Gasteiger partial charge in [0.25, 0.3) is 0 Å². The highest BCUT2D eigenvalue weighted by molar-refractivity contribution is 6.62. The third-order valence-corrected chi connectivity index (χ3v) is 16.9. The van der Waals surface area contributed by atoms with Crippen molar-refractivity contribution < 1.29 is 47.9 Å². The number of pyridine rings is 4. The molecule has 16 rings (SSSR count). The second-order valence-corrected chi connectivity index (χ2v) is 25.2. The number of rotatable bonds is 9. The first-order chi connectivity index (χ1) is 55.1. The molecule has 0 bridgehead atoms. The van der Waals surface area contributed by atoms with Crippen molar-refractivity contribution in [1.82, 2.24) is 97.3 Å². The van der Waals surface area contributed by atoms with Crippen molar-refractivity contribution in [2.45, 2.75) is 69.2 Å². The Balaban J connectivity index is 0.000000141. The summed E-state index contributed by atoms with van der Waals surface area (Å²) in [7, 11) is 0. The Bertz CT molecular complexity index is 6600. The highest BCUT2D eigenvalue weighted by Gasteiger charge is 2.29. The number of nitrogen functional groups attached to an aromatic ring is 3. The van der Waals surface area contributed by atoms with Gasteiger partial charge in [0, 0.05) is 187 Å². The van der Waals surface area contributed by atoms with E-state index in [1.807, 2.05) is 59.0 Å². The summed E-state index contributed by atoms with van der Waals surface area (Å²) in [6.45, 7) is 12.9. The molecule has 0 aliphatic heterocycles. The first-order valence-corrected chi connectivity index (χ1v) is 34.7. The SMILES string of the molecule is CC(=O)Cl.CC(=O)N(C(C)=O)c1nccc(-c2c3cccnc3n3c(N(C(C)=O)C(C)=O)nccc23)n1.CC(=O)N(C(C)=O)c1nccc(-c2c3cccnc3n3c(N)nccc23)n1.CC(=O)Nc1nccc2c(-c3ccnc(N(C(C)=O)C(C)=O)n3)c3cccnc3n12.Nc1nccc(-c2c3cccnc3n3c(N)nccc23)n1. The second kappa shape index (κ2) is 33.1. The molecule has 38 nitrogen and oxygen atoms in total. The predicted octanol–water partition coefficient (Wildman–Crippen LogP) is 8.43. The minimum atomic E-state index is -0.516. The van der Waals surface area contributed by atoms with Gasteiger partial charge < -0.3 is 17.2 Å².